The average molecular weight is 262 g/mol. The van der Waals surface area contributed by atoms with E-state index in [1.807, 2.05) is 0 Å². The molecule has 1 rings (SSSR count). The van der Waals surface area contributed by atoms with E-state index < -0.39 is 12.1 Å². The number of carbonyl (C=O) groups excluding carboxylic acids is 3. The second-order valence-electron chi connectivity index (χ2n) is 3.67. The Morgan fingerprint density at radius 2 is 1.89 bits per heavy atom. The zero-order chi connectivity index (χ0) is 14.3. The lowest BCUT2D eigenvalue weighted by Gasteiger charge is -2.26. The number of nitrogens with one attached hydrogen (secondary N) is 1. The fourth-order valence-corrected chi connectivity index (χ4v) is 1.54. The summed E-state index contributed by atoms with van der Waals surface area (Å²) < 4.78 is 0. The summed E-state index contributed by atoms with van der Waals surface area (Å²) in [4.78, 5) is 36.8. The van der Waals surface area contributed by atoms with Crippen LogP contribution in [0.4, 0.5) is 15.3 Å². The molecule has 0 bridgehead atoms. The van der Waals surface area contributed by atoms with Crippen LogP contribution in [0.2, 0.25) is 0 Å². The first-order valence-corrected chi connectivity index (χ1v) is 5.86. The molecule has 1 aromatic rings. The van der Waals surface area contributed by atoms with Gasteiger partial charge in [-0.1, -0.05) is 18.2 Å². The van der Waals surface area contributed by atoms with Crippen molar-refractivity contribution in [2.75, 3.05) is 25.0 Å². The smallest absolute Gasteiger partial charge is 0.333 e. The van der Waals surface area contributed by atoms with Crippen LogP contribution < -0.4 is 10.2 Å². The Bertz CT molecular complexity index is 448. The average Bonchev–Trinajstić information content (AvgIpc) is 2.45. The summed E-state index contributed by atoms with van der Waals surface area (Å²) in [7, 11) is 1.44. The number of urea groups is 2. The van der Waals surface area contributed by atoms with E-state index in [-0.39, 0.29) is 6.54 Å². The highest BCUT2D eigenvalue weighted by Gasteiger charge is 2.26. The largest absolute Gasteiger partial charge is 0.340 e. The van der Waals surface area contributed by atoms with Gasteiger partial charge in [-0.2, -0.15) is 0 Å². The first-order chi connectivity index (χ1) is 9.15. The third-order valence-electron chi connectivity index (χ3n) is 2.53. The minimum absolute atomic E-state index is 0.171. The number of amides is 4. The molecule has 0 heterocycles. The van der Waals surface area contributed by atoms with Crippen molar-refractivity contribution in [2.45, 2.75) is 6.92 Å². The highest BCUT2D eigenvalue weighted by Crippen LogP contribution is 2.15. The summed E-state index contributed by atoms with van der Waals surface area (Å²) >= 11 is 0. The topological polar surface area (TPSA) is 69.7 Å². The molecule has 1 radical (unpaired) electrons. The van der Waals surface area contributed by atoms with E-state index in [2.05, 4.69) is 5.32 Å². The Morgan fingerprint density at radius 3 is 2.37 bits per heavy atom. The molecule has 6 nitrogen and oxygen atoms in total. The predicted octanol–water partition coefficient (Wildman–Crippen LogP) is 1.38. The van der Waals surface area contributed by atoms with Crippen LogP contribution in [0.15, 0.2) is 30.3 Å². The monoisotopic (exact) mass is 262 g/mol. The summed E-state index contributed by atoms with van der Waals surface area (Å²) in [5.74, 6) is 0. The van der Waals surface area contributed by atoms with E-state index >= 15 is 0 Å². The van der Waals surface area contributed by atoms with Gasteiger partial charge in [0.15, 0.2) is 0 Å². The fraction of sp³-hybridized carbons (Fsp3) is 0.308. The molecule has 0 atom stereocenters. The molecule has 4 amide bonds. The molecule has 0 aliphatic heterocycles. The highest BCUT2D eigenvalue weighted by molar-refractivity contribution is 6.13. The predicted molar refractivity (Wildman–Crippen MR) is 71.7 cm³/mol. The van der Waals surface area contributed by atoms with Crippen LogP contribution in [0.25, 0.3) is 0 Å². The Balaban J connectivity index is 3.07. The Kier molecular flexibility index (Phi) is 5.53. The van der Waals surface area contributed by atoms with Gasteiger partial charge in [0, 0.05) is 13.6 Å². The molecule has 0 aromatic heterocycles. The van der Waals surface area contributed by atoms with Crippen molar-refractivity contribution in [1.82, 2.24) is 10.2 Å². The zero-order valence-electron chi connectivity index (χ0n) is 10.9. The third-order valence-corrected chi connectivity index (χ3v) is 2.53. The van der Waals surface area contributed by atoms with Gasteiger partial charge in [-0.3, -0.25) is 4.79 Å². The van der Waals surface area contributed by atoms with Gasteiger partial charge >= 0.3 is 12.1 Å². The summed E-state index contributed by atoms with van der Waals surface area (Å²) in [6.45, 7) is 1.87. The lowest BCUT2D eigenvalue weighted by Crippen LogP contribution is -2.50. The molecule has 6 heteroatoms. The van der Waals surface area contributed by atoms with Crippen molar-refractivity contribution in [3.63, 3.8) is 0 Å². The van der Waals surface area contributed by atoms with Crippen molar-refractivity contribution >= 4 is 24.0 Å². The van der Waals surface area contributed by atoms with E-state index in [0.717, 1.165) is 4.90 Å². The fourth-order valence-electron chi connectivity index (χ4n) is 1.54. The van der Waals surface area contributed by atoms with Crippen molar-refractivity contribution in [3.05, 3.63) is 30.3 Å². The lowest BCUT2D eigenvalue weighted by molar-refractivity contribution is 0.210. The number of rotatable bonds is 4. The number of anilines is 1. The standard InChI is InChI=1S/C13H16N3O3/c1-3-15(9-10-17)13(19)16(12(18)14-2)11-7-5-4-6-8-11/h4-8H,3,9H2,1-2H3,(H,14,18). The van der Waals surface area contributed by atoms with Gasteiger partial charge in [0.2, 0.25) is 6.29 Å². The third kappa shape index (κ3) is 3.54. The van der Waals surface area contributed by atoms with Crippen LogP contribution in [-0.2, 0) is 4.79 Å². The molecule has 0 saturated heterocycles. The summed E-state index contributed by atoms with van der Waals surface area (Å²) in [5, 5.41) is 2.41. The molecule has 0 aliphatic carbocycles. The number of para-hydroxylation sites is 1. The van der Waals surface area contributed by atoms with Crippen LogP contribution in [0.5, 0.6) is 0 Å². The second kappa shape index (κ2) is 7.15. The molecule has 101 valence electrons. The number of hydrogen-bond acceptors (Lipinski definition) is 3. The quantitative estimate of drug-likeness (QED) is 0.891. The molecule has 0 unspecified atom stereocenters. The van der Waals surface area contributed by atoms with Crippen molar-refractivity contribution < 1.29 is 14.4 Å². The van der Waals surface area contributed by atoms with Gasteiger partial charge in [-0.15, -0.1) is 0 Å². The number of nitrogens with zero attached hydrogens (tertiary/aromatic N) is 2. The van der Waals surface area contributed by atoms with Crippen LogP contribution in [0, 0.1) is 0 Å². The van der Waals surface area contributed by atoms with Crippen LogP contribution >= 0.6 is 0 Å². The first kappa shape index (κ1) is 14.7. The van der Waals surface area contributed by atoms with Crippen molar-refractivity contribution in [1.29, 1.82) is 0 Å². The molecule has 0 saturated carbocycles. The van der Waals surface area contributed by atoms with Gasteiger partial charge in [-0.05, 0) is 19.1 Å². The molecule has 19 heavy (non-hydrogen) atoms. The number of imide groups is 1. The van der Waals surface area contributed by atoms with Gasteiger partial charge in [-0.25, -0.2) is 14.5 Å². The SMILES string of the molecule is CCN(C[C]=O)C(=O)N(C(=O)NC)c1ccccc1. The lowest BCUT2D eigenvalue weighted by atomic mass is 10.3. The molecular weight excluding hydrogens is 246 g/mol. The van der Waals surface area contributed by atoms with Gasteiger partial charge < -0.3 is 10.2 Å². The van der Waals surface area contributed by atoms with E-state index in [9.17, 15) is 14.4 Å². The molecular formula is C13H16N3O3. The summed E-state index contributed by atoms with van der Waals surface area (Å²) in [6, 6.07) is 7.41. The van der Waals surface area contributed by atoms with Crippen LogP contribution in [-0.4, -0.2) is 43.4 Å². The zero-order valence-corrected chi connectivity index (χ0v) is 10.9. The summed E-state index contributed by atoms with van der Waals surface area (Å²) in [5.41, 5.74) is 0.441. The normalized spacial score (nSPS) is 9.58. The Labute approximate surface area is 112 Å². The van der Waals surface area contributed by atoms with E-state index in [0.29, 0.717) is 12.2 Å². The molecule has 1 N–H and O–H groups in total. The second-order valence-corrected chi connectivity index (χ2v) is 3.67. The number of benzene rings is 1. The van der Waals surface area contributed by atoms with E-state index in [4.69, 9.17) is 0 Å². The maximum atomic E-state index is 12.3. The summed E-state index contributed by atoms with van der Waals surface area (Å²) in [6.07, 6.45) is 1.66. The van der Waals surface area contributed by atoms with Crippen LogP contribution in [0.3, 0.4) is 0 Å². The van der Waals surface area contributed by atoms with E-state index in [1.54, 1.807) is 43.5 Å². The number of hydrogen-bond donors (Lipinski definition) is 1. The highest BCUT2D eigenvalue weighted by atomic mass is 16.2. The maximum absolute atomic E-state index is 12.3. The number of likely N-dealkylation sites (N-methyl/N-ethyl adjacent to an activating group) is 1. The van der Waals surface area contributed by atoms with Crippen LogP contribution in [0.1, 0.15) is 6.92 Å². The minimum Gasteiger partial charge on any atom is -0.340 e. The van der Waals surface area contributed by atoms with Crippen molar-refractivity contribution in [2.24, 2.45) is 0 Å². The first-order valence-electron chi connectivity index (χ1n) is 5.86. The Hall–Kier alpha value is -2.37. The van der Waals surface area contributed by atoms with Crippen molar-refractivity contribution in [3.8, 4) is 0 Å². The minimum atomic E-state index is -0.559. The molecule has 1 aromatic carbocycles. The van der Waals surface area contributed by atoms with Gasteiger partial charge in [0.25, 0.3) is 0 Å². The number of carbonyl (C=O) groups is 2. The van der Waals surface area contributed by atoms with Gasteiger partial charge in [0.1, 0.15) is 0 Å². The maximum Gasteiger partial charge on any atom is 0.333 e. The molecule has 0 fully saturated rings. The molecule has 0 spiro atoms. The molecule has 0 aliphatic rings. The Morgan fingerprint density at radius 1 is 1.26 bits per heavy atom. The van der Waals surface area contributed by atoms with E-state index in [1.165, 1.54) is 11.9 Å². The van der Waals surface area contributed by atoms with Gasteiger partial charge in [0.05, 0.1) is 12.2 Å².